The van der Waals surface area contributed by atoms with Gasteiger partial charge in [0.05, 0.1) is 18.9 Å². The zero-order valence-corrected chi connectivity index (χ0v) is 20.4. The minimum Gasteiger partial charge on any atom is -0.481 e. The van der Waals surface area contributed by atoms with Gasteiger partial charge in [0.1, 0.15) is 18.1 Å². The second kappa shape index (κ2) is 13.3. The molecule has 14 nitrogen and oxygen atoms in total. The summed E-state index contributed by atoms with van der Waals surface area (Å²) in [4.78, 5) is 75.3. The summed E-state index contributed by atoms with van der Waals surface area (Å²) in [6, 6.07) is 1.26. The zero-order valence-electron chi connectivity index (χ0n) is 19.5. The summed E-state index contributed by atoms with van der Waals surface area (Å²) in [6.45, 7) is 0. The molecule has 0 saturated heterocycles. The Labute approximate surface area is 215 Å². The van der Waals surface area contributed by atoms with Crippen LogP contribution < -0.4 is 27.4 Å². The van der Waals surface area contributed by atoms with Crippen LogP contribution >= 0.6 is 12.6 Å². The number of amides is 4. The van der Waals surface area contributed by atoms with E-state index in [4.69, 9.17) is 11.5 Å². The highest BCUT2D eigenvalue weighted by molar-refractivity contribution is 7.80. The minimum atomic E-state index is -1.67. The van der Waals surface area contributed by atoms with E-state index in [-0.39, 0.29) is 12.2 Å². The summed E-state index contributed by atoms with van der Waals surface area (Å²) >= 11 is 3.89. The number of hydrogen-bond donors (Lipinski definition) is 9. The van der Waals surface area contributed by atoms with Gasteiger partial charge in [-0.1, -0.05) is 18.2 Å². The Bertz CT molecular complexity index is 1180. The van der Waals surface area contributed by atoms with Gasteiger partial charge < -0.3 is 42.6 Å². The molecule has 0 aliphatic heterocycles. The van der Waals surface area contributed by atoms with Crippen molar-refractivity contribution in [3.05, 3.63) is 36.0 Å². The molecular formula is C22H28N6O8S. The van der Waals surface area contributed by atoms with Crippen molar-refractivity contribution < 1.29 is 39.0 Å². The first kappa shape index (κ1) is 29.1. The highest BCUT2D eigenvalue weighted by Gasteiger charge is 2.32. The van der Waals surface area contributed by atoms with Gasteiger partial charge in [-0.2, -0.15) is 12.6 Å². The van der Waals surface area contributed by atoms with Gasteiger partial charge in [0.15, 0.2) is 0 Å². The van der Waals surface area contributed by atoms with E-state index in [1.54, 1.807) is 30.5 Å². The second-order valence-electron chi connectivity index (χ2n) is 8.14. The molecule has 0 radical (unpaired) electrons. The van der Waals surface area contributed by atoms with Gasteiger partial charge in [0, 0.05) is 29.3 Å². The number of carboxylic acids is 2. The van der Waals surface area contributed by atoms with Crippen LogP contribution in [0, 0.1) is 0 Å². The quantitative estimate of drug-likeness (QED) is 0.119. The predicted molar refractivity (Wildman–Crippen MR) is 133 cm³/mol. The summed E-state index contributed by atoms with van der Waals surface area (Å²) in [5, 5.41) is 26.0. The number of nitrogens with two attached hydrogens (primary N) is 2. The fourth-order valence-electron chi connectivity index (χ4n) is 3.42. The number of carbonyl (C=O) groups excluding carboxylic acids is 4. The van der Waals surface area contributed by atoms with E-state index < -0.39 is 72.6 Å². The number of carbonyl (C=O) groups is 6. The first-order valence-electron chi connectivity index (χ1n) is 11.0. The maximum atomic E-state index is 13.1. The summed E-state index contributed by atoms with van der Waals surface area (Å²) in [6.07, 6.45) is -0.0718. The molecule has 4 atom stereocenters. The maximum absolute atomic E-state index is 13.1. The van der Waals surface area contributed by atoms with Gasteiger partial charge in [0.2, 0.25) is 23.6 Å². The summed E-state index contributed by atoms with van der Waals surface area (Å²) in [5.41, 5.74) is 12.0. The molecule has 200 valence electrons. The molecule has 0 aliphatic carbocycles. The molecule has 0 saturated carbocycles. The molecule has 37 heavy (non-hydrogen) atoms. The molecule has 2 aromatic rings. The van der Waals surface area contributed by atoms with Gasteiger partial charge in [0.25, 0.3) is 0 Å². The Kier molecular flexibility index (Phi) is 10.4. The number of H-pyrrole nitrogens is 1. The Morgan fingerprint density at radius 3 is 2.08 bits per heavy atom. The third kappa shape index (κ3) is 8.50. The third-order valence-corrected chi connectivity index (χ3v) is 5.69. The van der Waals surface area contributed by atoms with Crippen molar-refractivity contribution >= 4 is 59.1 Å². The molecule has 4 amide bonds. The van der Waals surface area contributed by atoms with Crippen LogP contribution in [0.4, 0.5) is 0 Å². The van der Waals surface area contributed by atoms with Crippen molar-refractivity contribution in [1.29, 1.82) is 0 Å². The Hall–Kier alpha value is -4.11. The lowest BCUT2D eigenvalue weighted by atomic mass is 10.0. The predicted octanol–water partition coefficient (Wildman–Crippen LogP) is -2.14. The van der Waals surface area contributed by atoms with E-state index >= 15 is 0 Å². The van der Waals surface area contributed by atoms with Crippen molar-refractivity contribution in [3.63, 3.8) is 0 Å². The van der Waals surface area contributed by atoms with E-state index in [9.17, 15) is 39.0 Å². The Balaban J connectivity index is 2.34. The van der Waals surface area contributed by atoms with E-state index in [0.717, 1.165) is 10.9 Å². The van der Waals surface area contributed by atoms with Crippen LogP contribution in [0.15, 0.2) is 30.5 Å². The molecule has 0 fully saturated rings. The molecule has 1 aromatic carbocycles. The fourth-order valence-corrected chi connectivity index (χ4v) is 3.59. The molecule has 4 unspecified atom stereocenters. The maximum Gasteiger partial charge on any atom is 0.326 e. The highest BCUT2D eigenvalue weighted by Crippen LogP contribution is 2.19. The average molecular weight is 537 g/mol. The number of fused-ring (bicyclic) bond motifs is 1. The number of aliphatic carboxylic acids is 2. The lowest BCUT2D eigenvalue weighted by Crippen LogP contribution is -2.58. The fraction of sp³-hybridized carbons (Fsp3) is 0.364. The highest BCUT2D eigenvalue weighted by atomic mass is 32.1. The van der Waals surface area contributed by atoms with Crippen molar-refractivity contribution in [2.45, 2.75) is 43.4 Å². The van der Waals surface area contributed by atoms with Crippen LogP contribution in [0.5, 0.6) is 0 Å². The lowest BCUT2D eigenvalue weighted by Gasteiger charge is -2.24. The standard InChI is InChI=1S/C22H28N6O8S/c23-12(9-37)19(32)26-15(7-18(30)31)21(34)27-14(20(33)28-16(22(35)36)6-17(24)29)5-10-8-25-13-4-2-1-3-11(10)13/h1-4,8,12,14-16,25,37H,5-7,9,23H2,(H2,24,29)(H,26,32)(H,27,34)(H,28,33)(H,30,31)(H,35,36). The smallest absolute Gasteiger partial charge is 0.326 e. The number of para-hydroxylation sites is 1. The number of benzene rings is 1. The average Bonchev–Trinajstić information content (AvgIpc) is 3.24. The van der Waals surface area contributed by atoms with Crippen LogP contribution in [-0.2, 0) is 35.2 Å². The van der Waals surface area contributed by atoms with Crippen LogP contribution in [-0.4, -0.2) is 80.7 Å². The lowest BCUT2D eigenvalue weighted by molar-refractivity contribution is -0.144. The zero-order chi connectivity index (χ0) is 27.7. The van der Waals surface area contributed by atoms with Crippen molar-refractivity contribution in [1.82, 2.24) is 20.9 Å². The number of aromatic nitrogens is 1. The molecule has 10 N–H and O–H groups in total. The molecule has 0 spiro atoms. The second-order valence-corrected chi connectivity index (χ2v) is 8.51. The number of nitrogens with one attached hydrogen (secondary N) is 4. The number of thiol groups is 1. The van der Waals surface area contributed by atoms with Gasteiger partial charge in [-0.05, 0) is 11.6 Å². The molecule has 0 aliphatic rings. The normalized spacial score (nSPS) is 14.1. The first-order chi connectivity index (χ1) is 17.4. The van der Waals surface area contributed by atoms with Gasteiger partial charge in [-0.25, -0.2) is 4.79 Å². The van der Waals surface area contributed by atoms with E-state index in [0.29, 0.717) is 5.56 Å². The minimum absolute atomic E-state index is 0.0741. The van der Waals surface area contributed by atoms with Crippen LogP contribution in [0.2, 0.25) is 0 Å². The molecule has 1 heterocycles. The van der Waals surface area contributed by atoms with Crippen molar-refractivity contribution in [2.75, 3.05) is 5.75 Å². The van der Waals surface area contributed by atoms with E-state index in [1.807, 2.05) is 0 Å². The van der Waals surface area contributed by atoms with Gasteiger partial charge in [-0.3, -0.25) is 24.0 Å². The number of carboxylic acid groups (broad SMARTS) is 2. The Morgan fingerprint density at radius 2 is 1.49 bits per heavy atom. The van der Waals surface area contributed by atoms with Crippen molar-refractivity contribution in [2.24, 2.45) is 11.5 Å². The topological polar surface area (TPSA) is 247 Å². The van der Waals surface area contributed by atoms with Gasteiger partial charge in [-0.15, -0.1) is 0 Å². The number of hydrogen-bond acceptors (Lipinski definition) is 8. The van der Waals surface area contributed by atoms with Crippen molar-refractivity contribution in [3.8, 4) is 0 Å². The van der Waals surface area contributed by atoms with E-state index in [2.05, 4.69) is 33.6 Å². The van der Waals surface area contributed by atoms with Gasteiger partial charge >= 0.3 is 11.9 Å². The molecule has 15 heteroatoms. The molecule has 2 rings (SSSR count). The van der Waals surface area contributed by atoms with Crippen LogP contribution in [0.3, 0.4) is 0 Å². The summed E-state index contributed by atoms with van der Waals surface area (Å²) < 4.78 is 0. The third-order valence-electron chi connectivity index (χ3n) is 5.30. The number of primary amides is 1. The summed E-state index contributed by atoms with van der Waals surface area (Å²) in [5.74, 6) is -6.82. The molecule has 0 bridgehead atoms. The summed E-state index contributed by atoms with van der Waals surface area (Å²) in [7, 11) is 0. The van der Waals surface area contributed by atoms with E-state index in [1.165, 1.54) is 0 Å². The Morgan fingerprint density at radius 1 is 0.892 bits per heavy atom. The molecular weight excluding hydrogens is 508 g/mol. The monoisotopic (exact) mass is 536 g/mol. The molecule has 1 aromatic heterocycles. The number of rotatable bonds is 14. The van der Waals surface area contributed by atoms with Crippen LogP contribution in [0.1, 0.15) is 18.4 Å². The first-order valence-corrected chi connectivity index (χ1v) is 11.6. The SMILES string of the molecule is NC(=O)CC(NC(=O)C(Cc1c[nH]c2ccccc12)NC(=O)C(CC(=O)O)NC(=O)C(N)CS)C(=O)O. The largest absolute Gasteiger partial charge is 0.481 e. The number of aromatic amines is 1. The van der Waals surface area contributed by atoms with Crippen LogP contribution in [0.25, 0.3) is 10.9 Å².